The van der Waals surface area contributed by atoms with Gasteiger partial charge in [0.25, 0.3) is 0 Å². The molecule has 1 aromatic rings. The summed E-state index contributed by atoms with van der Waals surface area (Å²) in [5, 5.41) is 0. The molecule has 0 heterocycles. The normalized spacial score (nSPS) is 14.2. The summed E-state index contributed by atoms with van der Waals surface area (Å²) in [7, 11) is 0. The summed E-state index contributed by atoms with van der Waals surface area (Å²) in [5.41, 5.74) is 1.54. The van der Waals surface area contributed by atoms with E-state index in [1.54, 1.807) is 0 Å². The predicted octanol–water partition coefficient (Wildman–Crippen LogP) is 5.43. The predicted molar refractivity (Wildman–Crippen MR) is 86.9 cm³/mol. The maximum Gasteiger partial charge on any atom is 0.133 e. The van der Waals surface area contributed by atoms with Crippen LogP contribution in [0.4, 0.5) is 0 Å². The smallest absolute Gasteiger partial charge is 0.133 e. The van der Waals surface area contributed by atoms with Crippen molar-refractivity contribution in [3.63, 3.8) is 0 Å². The number of carbonyl (C=O) groups is 1. The summed E-state index contributed by atoms with van der Waals surface area (Å²) in [6.45, 7) is 8.80. The van der Waals surface area contributed by atoms with Crippen LogP contribution in [-0.4, -0.2) is 5.78 Å². The lowest BCUT2D eigenvalue weighted by molar-refractivity contribution is -0.121. The molecule has 112 valence electrons. The molecule has 20 heavy (non-hydrogen) atoms. The summed E-state index contributed by atoms with van der Waals surface area (Å²) >= 11 is 0. The average Bonchev–Trinajstić information content (AvgIpc) is 2.44. The Morgan fingerprint density at radius 3 is 2.35 bits per heavy atom. The lowest BCUT2D eigenvalue weighted by atomic mass is 9.75. The molecule has 0 fully saturated rings. The molecular weight excluding hydrogens is 244 g/mol. The highest BCUT2D eigenvalue weighted by molar-refractivity contribution is 5.78. The minimum Gasteiger partial charge on any atom is -0.300 e. The molecule has 1 nitrogen and oxygen atoms in total. The fourth-order valence-electron chi connectivity index (χ4n) is 2.63. The van der Waals surface area contributed by atoms with Crippen LogP contribution in [0.1, 0.15) is 65.4 Å². The van der Waals surface area contributed by atoms with Gasteiger partial charge in [0.2, 0.25) is 0 Å². The van der Waals surface area contributed by atoms with Crippen molar-refractivity contribution in [1.29, 1.82) is 0 Å². The molecule has 0 unspecified atom stereocenters. The Morgan fingerprint density at radius 2 is 1.80 bits per heavy atom. The second-order valence-corrected chi connectivity index (χ2v) is 6.80. The molecular formula is C19H30O. The van der Waals surface area contributed by atoms with Crippen molar-refractivity contribution in [3.05, 3.63) is 35.9 Å². The van der Waals surface area contributed by atoms with E-state index in [2.05, 4.69) is 51.1 Å². The van der Waals surface area contributed by atoms with Gasteiger partial charge >= 0.3 is 0 Å². The summed E-state index contributed by atoms with van der Waals surface area (Å²) in [5.74, 6) is 1.12. The van der Waals surface area contributed by atoms with Gasteiger partial charge in [0.05, 0.1) is 0 Å². The van der Waals surface area contributed by atoms with Crippen LogP contribution in [0.2, 0.25) is 0 Å². The van der Waals surface area contributed by atoms with Gasteiger partial charge in [0.15, 0.2) is 0 Å². The van der Waals surface area contributed by atoms with Crippen molar-refractivity contribution in [2.45, 2.75) is 66.2 Å². The fourth-order valence-corrected chi connectivity index (χ4v) is 2.63. The summed E-state index contributed by atoms with van der Waals surface area (Å²) in [4.78, 5) is 11.9. The van der Waals surface area contributed by atoms with Gasteiger partial charge in [-0.3, -0.25) is 4.79 Å². The van der Waals surface area contributed by atoms with E-state index in [0.717, 1.165) is 25.7 Å². The van der Waals surface area contributed by atoms with Crippen LogP contribution in [-0.2, 0) is 11.2 Å². The molecule has 0 spiro atoms. The highest BCUT2D eigenvalue weighted by Gasteiger charge is 2.26. The lowest BCUT2D eigenvalue weighted by Gasteiger charge is -2.30. The summed E-state index contributed by atoms with van der Waals surface area (Å²) < 4.78 is 0. The molecule has 0 N–H and O–H groups in total. The van der Waals surface area contributed by atoms with Crippen molar-refractivity contribution < 1.29 is 4.79 Å². The van der Waals surface area contributed by atoms with Crippen LogP contribution < -0.4 is 0 Å². The fraction of sp³-hybridized carbons (Fsp3) is 0.632. The molecule has 0 amide bonds. The SMILES string of the molecule is CCC(=O)C[C@](C)(CCc1ccccc1)CCC(C)C. The number of benzene rings is 1. The van der Waals surface area contributed by atoms with Gasteiger partial charge in [-0.2, -0.15) is 0 Å². The van der Waals surface area contributed by atoms with Crippen molar-refractivity contribution >= 4 is 5.78 Å². The summed E-state index contributed by atoms with van der Waals surface area (Å²) in [6, 6.07) is 10.6. The number of hydrogen-bond donors (Lipinski definition) is 0. The second kappa shape index (κ2) is 8.24. The first kappa shape index (κ1) is 16.9. The molecule has 0 radical (unpaired) electrons. The molecule has 0 saturated heterocycles. The minimum atomic E-state index is 0.160. The first-order chi connectivity index (χ1) is 9.45. The molecule has 0 saturated carbocycles. The van der Waals surface area contributed by atoms with Crippen LogP contribution in [0.5, 0.6) is 0 Å². The van der Waals surface area contributed by atoms with Gasteiger partial charge in [-0.15, -0.1) is 0 Å². The molecule has 0 bridgehead atoms. The molecule has 0 aliphatic rings. The van der Waals surface area contributed by atoms with Gasteiger partial charge < -0.3 is 0 Å². The quantitative estimate of drug-likeness (QED) is 0.586. The highest BCUT2D eigenvalue weighted by Crippen LogP contribution is 2.35. The van der Waals surface area contributed by atoms with Gasteiger partial charge in [-0.1, -0.05) is 64.4 Å². The summed E-state index contributed by atoms with van der Waals surface area (Å²) in [6.07, 6.45) is 5.96. The Morgan fingerprint density at radius 1 is 1.15 bits per heavy atom. The van der Waals surface area contributed by atoms with E-state index in [1.807, 2.05) is 6.92 Å². The first-order valence-electron chi connectivity index (χ1n) is 8.01. The Balaban J connectivity index is 2.63. The zero-order valence-corrected chi connectivity index (χ0v) is 13.6. The monoisotopic (exact) mass is 274 g/mol. The Bertz CT molecular complexity index is 393. The topological polar surface area (TPSA) is 17.1 Å². The van der Waals surface area contributed by atoms with Gasteiger partial charge in [0.1, 0.15) is 5.78 Å². The van der Waals surface area contributed by atoms with Crippen LogP contribution in [0.15, 0.2) is 30.3 Å². The van der Waals surface area contributed by atoms with Crippen LogP contribution in [0.3, 0.4) is 0 Å². The largest absolute Gasteiger partial charge is 0.300 e. The zero-order chi connectivity index (χ0) is 15.0. The second-order valence-electron chi connectivity index (χ2n) is 6.80. The number of ketones is 1. The van der Waals surface area contributed by atoms with E-state index in [9.17, 15) is 4.79 Å². The number of rotatable bonds is 9. The van der Waals surface area contributed by atoms with Gasteiger partial charge in [-0.25, -0.2) is 0 Å². The minimum absolute atomic E-state index is 0.160. The van der Waals surface area contributed by atoms with Crippen molar-refractivity contribution in [1.82, 2.24) is 0 Å². The third-order valence-electron chi connectivity index (χ3n) is 4.20. The number of aryl methyl sites for hydroxylation is 1. The molecule has 1 rings (SSSR count). The van der Waals surface area contributed by atoms with Crippen molar-refractivity contribution in [3.8, 4) is 0 Å². The van der Waals surface area contributed by atoms with Crippen LogP contribution in [0, 0.1) is 11.3 Å². The third kappa shape index (κ3) is 6.36. The van der Waals surface area contributed by atoms with E-state index >= 15 is 0 Å². The molecule has 1 aromatic carbocycles. The third-order valence-corrected chi connectivity index (χ3v) is 4.20. The van der Waals surface area contributed by atoms with E-state index in [0.29, 0.717) is 18.1 Å². The highest BCUT2D eigenvalue weighted by atomic mass is 16.1. The van der Waals surface area contributed by atoms with E-state index in [4.69, 9.17) is 0 Å². The standard InChI is InChI=1S/C19H30O/c1-5-18(20)15-19(4,13-11-16(2)3)14-12-17-9-7-6-8-10-17/h6-10,16H,5,11-15H2,1-4H3/t19-/m0/s1. The Kier molecular flexibility index (Phi) is 6.98. The van der Waals surface area contributed by atoms with E-state index in [-0.39, 0.29) is 5.41 Å². The van der Waals surface area contributed by atoms with Gasteiger partial charge in [0, 0.05) is 12.8 Å². The van der Waals surface area contributed by atoms with Crippen molar-refractivity contribution in [2.75, 3.05) is 0 Å². The molecule has 1 atom stereocenters. The van der Waals surface area contributed by atoms with E-state index < -0.39 is 0 Å². The Hall–Kier alpha value is -1.11. The van der Waals surface area contributed by atoms with Gasteiger partial charge in [-0.05, 0) is 36.2 Å². The Labute approximate surface area is 124 Å². The number of Topliss-reactive ketones (excluding diaryl/α,β-unsaturated/α-hetero) is 1. The van der Waals surface area contributed by atoms with Crippen LogP contribution in [0.25, 0.3) is 0 Å². The zero-order valence-electron chi connectivity index (χ0n) is 13.6. The molecule has 0 aliphatic heterocycles. The van der Waals surface area contributed by atoms with Crippen LogP contribution >= 0.6 is 0 Å². The lowest BCUT2D eigenvalue weighted by Crippen LogP contribution is -2.22. The number of hydrogen-bond acceptors (Lipinski definition) is 1. The number of carbonyl (C=O) groups excluding carboxylic acids is 1. The molecule has 0 aromatic heterocycles. The maximum absolute atomic E-state index is 11.9. The first-order valence-corrected chi connectivity index (χ1v) is 8.01. The van der Waals surface area contributed by atoms with Crippen molar-refractivity contribution in [2.24, 2.45) is 11.3 Å². The molecule has 1 heteroatoms. The average molecular weight is 274 g/mol. The van der Waals surface area contributed by atoms with E-state index in [1.165, 1.54) is 12.0 Å². The molecule has 0 aliphatic carbocycles. The maximum atomic E-state index is 11.9.